The molecule has 4 saturated carbocycles. The first-order valence-electron chi connectivity index (χ1n) is 12.4. The van der Waals surface area contributed by atoms with Gasteiger partial charge in [-0.3, -0.25) is 0 Å². The molecule has 176 valence electrons. The number of carbonyl (C=O) groups excluding carboxylic acids is 1. The summed E-state index contributed by atoms with van der Waals surface area (Å²) in [6.07, 6.45) is 7.28. The Morgan fingerprint density at radius 2 is 1.55 bits per heavy atom. The molecule has 4 aliphatic rings. The molecule has 0 aromatic heterocycles. The van der Waals surface area contributed by atoms with E-state index < -0.39 is 5.60 Å². The largest absolute Gasteiger partial charge is 0.456 e. The van der Waals surface area contributed by atoms with Crippen molar-refractivity contribution >= 4 is 17.6 Å². The van der Waals surface area contributed by atoms with E-state index in [0.29, 0.717) is 22.8 Å². The third-order valence-corrected chi connectivity index (χ3v) is 8.20. The van der Waals surface area contributed by atoms with Crippen LogP contribution in [0.4, 0.5) is 0 Å². The average Bonchev–Trinajstić information content (AvgIpc) is 2.74. The van der Waals surface area contributed by atoms with Gasteiger partial charge >= 0.3 is 5.97 Å². The lowest BCUT2D eigenvalue weighted by Gasteiger charge is -2.54. The van der Waals surface area contributed by atoms with Crippen molar-refractivity contribution in [2.24, 2.45) is 23.7 Å². The first-order valence-corrected chi connectivity index (χ1v) is 12.8. The molecule has 0 heterocycles. The second-order valence-corrected chi connectivity index (χ2v) is 11.9. The van der Waals surface area contributed by atoms with Gasteiger partial charge in [0, 0.05) is 10.6 Å². The van der Waals surface area contributed by atoms with Crippen LogP contribution in [0.2, 0.25) is 5.02 Å². The number of benzene rings is 2. The number of rotatable bonds is 6. The molecule has 0 spiro atoms. The molecule has 0 radical (unpaired) electrons. The van der Waals surface area contributed by atoms with Crippen LogP contribution in [-0.2, 0) is 22.7 Å². The smallest absolute Gasteiger partial charge is 0.339 e. The van der Waals surface area contributed by atoms with Crippen LogP contribution < -0.4 is 0 Å². The van der Waals surface area contributed by atoms with Crippen LogP contribution in [0.25, 0.3) is 0 Å². The number of hydrogen-bond donors (Lipinski definition) is 0. The van der Waals surface area contributed by atoms with E-state index in [0.717, 1.165) is 35.2 Å². The molecule has 0 saturated heterocycles. The van der Waals surface area contributed by atoms with Crippen molar-refractivity contribution in [3.05, 3.63) is 69.7 Å². The maximum Gasteiger partial charge on any atom is 0.339 e. The normalized spacial score (nSPS) is 28.2. The number of esters is 1. The predicted octanol–water partition coefficient (Wildman–Crippen LogP) is 7.55. The summed E-state index contributed by atoms with van der Waals surface area (Å²) in [5.41, 5.74) is 3.25. The second kappa shape index (κ2) is 9.07. The lowest BCUT2D eigenvalue weighted by molar-refractivity contribution is -0.00280. The van der Waals surface area contributed by atoms with Gasteiger partial charge in [0.1, 0.15) is 5.60 Å². The third-order valence-electron chi connectivity index (χ3n) is 7.84. The van der Waals surface area contributed by atoms with E-state index in [9.17, 15) is 4.79 Å². The molecule has 0 N–H and O–H groups in total. The Hall–Kier alpha value is -1.84. The van der Waals surface area contributed by atoms with Gasteiger partial charge in [0.2, 0.25) is 0 Å². The molecule has 0 aliphatic heterocycles. The van der Waals surface area contributed by atoms with E-state index in [2.05, 4.69) is 24.3 Å². The van der Waals surface area contributed by atoms with Crippen LogP contribution >= 0.6 is 11.6 Å². The quantitative estimate of drug-likeness (QED) is 0.412. The highest BCUT2D eigenvalue weighted by Gasteiger charge is 2.48. The molecular formula is C29H35ClO3. The number of halogens is 1. The van der Waals surface area contributed by atoms with E-state index in [1.165, 1.54) is 37.7 Å². The number of carbonyl (C=O) groups is 1. The van der Waals surface area contributed by atoms with E-state index in [4.69, 9.17) is 21.1 Å². The van der Waals surface area contributed by atoms with Crippen LogP contribution in [0.5, 0.6) is 0 Å². The summed E-state index contributed by atoms with van der Waals surface area (Å²) in [6, 6.07) is 14.4. The molecule has 4 fully saturated rings. The van der Waals surface area contributed by atoms with Crippen LogP contribution in [0.3, 0.4) is 0 Å². The molecule has 0 unspecified atom stereocenters. The average molecular weight is 467 g/mol. The highest BCUT2D eigenvalue weighted by molar-refractivity contribution is 6.31. The molecule has 4 heteroatoms. The van der Waals surface area contributed by atoms with Crippen molar-refractivity contribution in [1.29, 1.82) is 0 Å². The van der Waals surface area contributed by atoms with Crippen molar-refractivity contribution in [1.82, 2.24) is 0 Å². The van der Waals surface area contributed by atoms with Gasteiger partial charge in [0.05, 0.1) is 18.8 Å². The van der Waals surface area contributed by atoms with Crippen LogP contribution in [0, 0.1) is 23.7 Å². The van der Waals surface area contributed by atoms with Gasteiger partial charge in [0.15, 0.2) is 0 Å². The molecule has 33 heavy (non-hydrogen) atoms. The molecular weight excluding hydrogens is 432 g/mol. The van der Waals surface area contributed by atoms with Gasteiger partial charge in [-0.2, -0.15) is 0 Å². The van der Waals surface area contributed by atoms with Gasteiger partial charge in [-0.25, -0.2) is 4.79 Å². The van der Waals surface area contributed by atoms with Crippen molar-refractivity contribution in [2.45, 2.75) is 77.6 Å². The monoisotopic (exact) mass is 466 g/mol. The second-order valence-electron chi connectivity index (χ2n) is 11.5. The summed E-state index contributed by atoms with van der Waals surface area (Å²) in [7, 11) is 0. The van der Waals surface area contributed by atoms with Crippen LogP contribution in [0.15, 0.2) is 42.5 Å². The zero-order valence-corrected chi connectivity index (χ0v) is 20.7. The summed E-state index contributed by atoms with van der Waals surface area (Å²) in [6.45, 7) is 6.34. The molecule has 6 rings (SSSR count). The Bertz CT molecular complexity index is 977. The predicted molar refractivity (Wildman–Crippen MR) is 131 cm³/mol. The lowest BCUT2D eigenvalue weighted by Crippen LogP contribution is -2.43. The minimum atomic E-state index is -0.559. The Morgan fingerprint density at radius 1 is 0.909 bits per heavy atom. The first kappa shape index (κ1) is 22.9. The van der Waals surface area contributed by atoms with Crippen molar-refractivity contribution in [3.63, 3.8) is 0 Å². The number of hydrogen-bond acceptors (Lipinski definition) is 3. The maximum absolute atomic E-state index is 12.6. The standard InChI is InChI=1S/C29H35ClO3/c1-29(2,3)33-28(31)24-5-4-6-26(30)25(24)17-32-16-18-7-9-21(10-8-18)27-22-12-19-11-20(14-22)15-23(27)13-19/h4-10,19-20,22-23,27H,11-17H2,1-3H3. The van der Waals surface area contributed by atoms with E-state index in [1.54, 1.807) is 18.2 Å². The maximum atomic E-state index is 12.6. The number of ether oxygens (including phenoxy) is 2. The van der Waals surface area contributed by atoms with Gasteiger partial charge < -0.3 is 9.47 Å². The summed E-state index contributed by atoms with van der Waals surface area (Å²) in [5.74, 6) is 4.19. The van der Waals surface area contributed by atoms with Crippen molar-refractivity contribution < 1.29 is 14.3 Å². The highest BCUT2D eigenvalue weighted by atomic mass is 35.5. The molecule has 4 bridgehead atoms. The fourth-order valence-electron chi connectivity index (χ4n) is 6.81. The topological polar surface area (TPSA) is 35.5 Å². The summed E-state index contributed by atoms with van der Waals surface area (Å²) < 4.78 is 11.5. The molecule has 3 nitrogen and oxygen atoms in total. The van der Waals surface area contributed by atoms with Crippen LogP contribution in [0.1, 0.15) is 85.8 Å². The zero-order chi connectivity index (χ0) is 23.2. The van der Waals surface area contributed by atoms with E-state index in [1.807, 2.05) is 20.8 Å². The highest BCUT2D eigenvalue weighted by Crippen LogP contribution is 2.59. The Kier molecular flexibility index (Phi) is 6.30. The zero-order valence-electron chi connectivity index (χ0n) is 20.0. The molecule has 2 aromatic rings. The van der Waals surface area contributed by atoms with Crippen molar-refractivity contribution in [2.75, 3.05) is 0 Å². The van der Waals surface area contributed by atoms with Crippen LogP contribution in [-0.4, -0.2) is 11.6 Å². The SMILES string of the molecule is CC(C)(C)OC(=O)c1cccc(Cl)c1COCc1ccc(C2C3CC4CC(C3)CC2C4)cc1. The Morgan fingerprint density at radius 3 is 2.15 bits per heavy atom. The molecule has 0 amide bonds. The molecule has 2 aromatic carbocycles. The minimum absolute atomic E-state index is 0.269. The lowest BCUT2D eigenvalue weighted by atomic mass is 9.51. The van der Waals surface area contributed by atoms with Gasteiger partial charge in [0.25, 0.3) is 0 Å². The fourth-order valence-corrected chi connectivity index (χ4v) is 7.04. The van der Waals surface area contributed by atoms with Gasteiger partial charge in [-0.1, -0.05) is 41.9 Å². The Balaban J connectivity index is 1.21. The van der Waals surface area contributed by atoms with Crippen molar-refractivity contribution in [3.8, 4) is 0 Å². The summed E-state index contributed by atoms with van der Waals surface area (Å²) in [5, 5.41) is 0.524. The fraction of sp³-hybridized carbons (Fsp3) is 0.552. The summed E-state index contributed by atoms with van der Waals surface area (Å²) >= 11 is 6.41. The van der Waals surface area contributed by atoms with Gasteiger partial charge in [-0.05, 0) is 106 Å². The van der Waals surface area contributed by atoms with E-state index in [-0.39, 0.29) is 12.6 Å². The van der Waals surface area contributed by atoms with E-state index >= 15 is 0 Å². The van der Waals surface area contributed by atoms with Gasteiger partial charge in [-0.15, -0.1) is 0 Å². The minimum Gasteiger partial charge on any atom is -0.456 e. The summed E-state index contributed by atoms with van der Waals surface area (Å²) in [4.78, 5) is 12.6. The molecule has 4 aliphatic carbocycles. The Labute approximate surface area is 202 Å². The molecule has 0 atom stereocenters. The third kappa shape index (κ3) is 5.00. The first-order chi connectivity index (χ1) is 15.8.